The Hall–Kier alpha value is -0.650. The van der Waals surface area contributed by atoms with Gasteiger partial charge >= 0.3 is 0 Å². The smallest absolute Gasteiger partial charge is 0.231 e. The van der Waals surface area contributed by atoms with Gasteiger partial charge in [-0.1, -0.05) is 0 Å². The summed E-state index contributed by atoms with van der Waals surface area (Å²) in [5.74, 6) is -0.356. The van der Waals surface area contributed by atoms with Crippen LogP contribution in [-0.2, 0) is 4.79 Å². The van der Waals surface area contributed by atoms with E-state index < -0.39 is 5.60 Å². The first-order valence-electron chi connectivity index (χ1n) is 4.92. The summed E-state index contributed by atoms with van der Waals surface area (Å²) in [6.07, 6.45) is 1.46. The Bertz CT molecular complexity index is 202. The maximum absolute atomic E-state index is 10.6. The number of nitrogens with zero attached hydrogens (tertiary/aromatic N) is 1. The van der Waals surface area contributed by atoms with Crippen molar-refractivity contribution in [3.63, 3.8) is 0 Å². The molecular weight excluding hydrogens is 182 g/mol. The molecule has 1 amide bonds. The van der Waals surface area contributed by atoms with Crippen molar-refractivity contribution in [3.8, 4) is 0 Å². The van der Waals surface area contributed by atoms with Crippen molar-refractivity contribution in [3.05, 3.63) is 0 Å². The van der Waals surface area contributed by atoms with Gasteiger partial charge in [0.25, 0.3) is 0 Å². The minimum atomic E-state index is -0.657. The van der Waals surface area contributed by atoms with Crippen LogP contribution in [0.2, 0.25) is 0 Å². The van der Waals surface area contributed by atoms with Crippen LogP contribution in [-0.4, -0.2) is 54.7 Å². The van der Waals surface area contributed by atoms with Crippen LogP contribution in [0.1, 0.15) is 12.8 Å². The molecule has 1 rings (SSSR count). The fraction of sp³-hybridized carbons (Fsp3) is 0.889. The number of rotatable bonds is 4. The summed E-state index contributed by atoms with van der Waals surface area (Å²) in [5, 5.41) is 13.3. The molecule has 0 saturated carbocycles. The minimum Gasteiger partial charge on any atom is -0.388 e. The zero-order chi connectivity index (χ0) is 10.6. The molecule has 0 aromatic rings. The third kappa shape index (κ3) is 3.61. The van der Waals surface area contributed by atoms with Crippen molar-refractivity contribution < 1.29 is 9.90 Å². The van der Waals surface area contributed by atoms with E-state index in [0.717, 1.165) is 25.9 Å². The maximum atomic E-state index is 10.6. The SMILES string of the molecule is CN(CC(N)=O)CC1(O)CCNCC1. The summed E-state index contributed by atoms with van der Waals surface area (Å²) in [4.78, 5) is 12.4. The second kappa shape index (κ2) is 4.72. The number of nitrogens with two attached hydrogens (primary N) is 1. The van der Waals surface area contributed by atoms with Gasteiger partial charge in [0.15, 0.2) is 0 Å². The first-order valence-corrected chi connectivity index (χ1v) is 4.92. The van der Waals surface area contributed by atoms with Gasteiger partial charge in [-0.15, -0.1) is 0 Å². The molecule has 0 aliphatic carbocycles. The molecule has 0 atom stereocenters. The highest BCUT2D eigenvalue weighted by Gasteiger charge is 2.30. The third-order valence-electron chi connectivity index (χ3n) is 2.52. The van der Waals surface area contributed by atoms with Gasteiger partial charge in [0, 0.05) is 6.54 Å². The Balaban J connectivity index is 2.36. The second-order valence-electron chi connectivity index (χ2n) is 4.11. The summed E-state index contributed by atoms with van der Waals surface area (Å²) in [5.41, 5.74) is 4.41. The maximum Gasteiger partial charge on any atom is 0.231 e. The molecule has 1 aliphatic rings. The lowest BCUT2D eigenvalue weighted by Gasteiger charge is -2.35. The highest BCUT2D eigenvalue weighted by atomic mass is 16.3. The molecule has 1 aliphatic heterocycles. The third-order valence-corrected chi connectivity index (χ3v) is 2.52. The Labute approximate surface area is 84.3 Å². The lowest BCUT2D eigenvalue weighted by atomic mass is 9.92. The molecular formula is C9H19N3O2. The summed E-state index contributed by atoms with van der Waals surface area (Å²) in [6.45, 7) is 2.38. The summed E-state index contributed by atoms with van der Waals surface area (Å²) in [7, 11) is 1.80. The standard InChI is InChI=1S/C9H19N3O2/c1-12(6-8(10)13)7-9(14)2-4-11-5-3-9/h11,14H,2-7H2,1H3,(H2,10,13). The zero-order valence-corrected chi connectivity index (χ0v) is 8.62. The van der Waals surface area contributed by atoms with E-state index in [1.807, 2.05) is 0 Å². The number of nitrogens with one attached hydrogen (secondary N) is 1. The van der Waals surface area contributed by atoms with E-state index in [1.165, 1.54) is 0 Å². The molecule has 0 radical (unpaired) electrons. The minimum absolute atomic E-state index is 0.204. The Morgan fingerprint density at radius 1 is 1.57 bits per heavy atom. The van der Waals surface area contributed by atoms with Gasteiger partial charge in [-0.25, -0.2) is 0 Å². The molecule has 1 saturated heterocycles. The van der Waals surface area contributed by atoms with Crippen molar-refractivity contribution in [2.45, 2.75) is 18.4 Å². The molecule has 82 valence electrons. The number of amides is 1. The average Bonchev–Trinajstić information content (AvgIpc) is 2.02. The van der Waals surface area contributed by atoms with Crippen molar-refractivity contribution in [2.75, 3.05) is 33.2 Å². The van der Waals surface area contributed by atoms with E-state index in [-0.39, 0.29) is 12.5 Å². The number of aliphatic hydroxyl groups is 1. The van der Waals surface area contributed by atoms with Crippen molar-refractivity contribution in [2.24, 2.45) is 5.73 Å². The molecule has 14 heavy (non-hydrogen) atoms. The normalized spacial score (nSPS) is 21.1. The highest BCUT2D eigenvalue weighted by molar-refractivity contribution is 5.75. The predicted molar refractivity (Wildman–Crippen MR) is 53.7 cm³/mol. The molecule has 0 aromatic carbocycles. The first kappa shape index (κ1) is 11.4. The van der Waals surface area contributed by atoms with Gasteiger partial charge in [0.2, 0.25) is 5.91 Å². The number of piperidine rings is 1. The molecule has 0 spiro atoms. The summed E-state index contributed by atoms with van der Waals surface area (Å²) >= 11 is 0. The highest BCUT2D eigenvalue weighted by Crippen LogP contribution is 2.18. The summed E-state index contributed by atoms with van der Waals surface area (Å²) in [6, 6.07) is 0. The van der Waals surface area contributed by atoms with E-state index in [2.05, 4.69) is 5.32 Å². The fourth-order valence-corrected chi connectivity index (χ4v) is 1.87. The number of hydrogen-bond acceptors (Lipinski definition) is 4. The van der Waals surface area contributed by atoms with Gasteiger partial charge in [0.05, 0.1) is 12.1 Å². The fourth-order valence-electron chi connectivity index (χ4n) is 1.87. The van der Waals surface area contributed by atoms with E-state index in [0.29, 0.717) is 6.54 Å². The zero-order valence-electron chi connectivity index (χ0n) is 8.62. The van der Waals surface area contributed by atoms with E-state index in [9.17, 15) is 9.90 Å². The number of likely N-dealkylation sites (N-methyl/N-ethyl adjacent to an activating group) is 1. The van der Waals surface area contributed by atoms with E-state index >= 15 is 0 Å². The van der Waals surface area contributed by atoms with E-state index in [1.54, 1.807) is 11.9 Å². The number of carbonyl (C=O) groups excluding carboxylic acids is 1. The Morgan fingerprint density at radius 3 is 2.64 bits per heavy atom. The van der Waals surface area contributed by atoms with Gasteiger partial charge in [-0.05, 0) is 33.0 Å². The van der Waals surface area contributed by atoms with E-state index in [4.69, 9.17) is 5.73 Å². The van der Waals surface area contributed by atoms with Crippen LogP contribution in [0, 0.1) is 0 Å². The Morgan fingerprint density at radius 2 is 2.14 bits per heavy atom. The van der Waals surface area contributed by atoms with Crippen LogP contribution < -0.4 is 11.1 Å². The number of hydrogen-bond donors (Lipinski definition) is 3. The average molecular weight is 201 g/mol. The largest absolute Gasteiger partial charge is 0.388 e. The lowest BCUT2D eigenvalue weighted by Crippen LogP contribution is -2.50. The van der Waals surface area contributed by atoms with Crippen molar-refractivity contribution in [1.29, 1.82) is 0 Å². The van der Waals surface area contributed by atoms with Crippen LogP contribution >= 0.6 is 0 Å². The molecule has 1 fully saturated rings. The monoisotopic (exact) mass is 201 g/mol. The van der Waals surface area contributed by atoms with Crippen molar-refractivity contribution in [1.82, 2.24) is 10.2 Å². The molecule has 0 aromatic heterocycles. The molecule has 5 heteroatoms. The molecule has 1 heterocycles. The molecule has 4 N–H and O–H groups in total. The van der Waals surface area contributed by atoms with Gasteiger partial charge < -0.3 is 16.2 Å². The van der Waals surface area contributed by atoms with Gasteiger partial charge in [-0.2, -0.15) is 0 Å². The van der Waals surface area contributed by atoms with Crippen molar-refractivity contribution >= 4 is 5.91 Å². The quantitative estimate of drug-likeness (QED) is 0.518. The summed E-state index contributed by atoms with van der Waals surface area (Å²) < 4.78 is 0. The van der Waals surface area contributed by atoms with Crippen LogP contribution in [0.15, 0.2) is 0 Å². The lowest BCUT2D eigenvalue weighted by molar-refractivity contribution is -0.119. The number of primary amides is 1. The second-order valence-corrected chi connectivity index (χ2v) is 4.11. The number of carbonyl (C=O) groups is 1. The molecule has 5 nitrogen and oxygen atoms in total. The van der Waals surface area contributed by atoms with Crippen LogP contribution in [0.3, 0.4) is 0 Å². The first-order chi connectivity index (χ1) is 6.52. The Kier molecular flexibility index (Phi) is 3.86. The van der Waals surface area contributed by atoms with Crippen LogP contribution in [0.25, 0.3) is 0 Å². The molecule has 0 unspecified atom stereocenters. The topological polar surface area (TPSA) is 78.6 Å². The molecule has 0 bridgehead atoms. The van der Waals surface area contributed by atoms with Gasteiger partial charge in [0.1, 0.15) is 0 Å². The van der Waals surface area contributed by atoms with Crippen LogP contribution in [0.5, 0.6) is 0 Å². The van der Waals surface area contributed by atoms with Gasteiger partial charge in [-0.3, -0.25) is 9.69 Å². The predicted octanol–water partition coefficient (Wildman–Crippen LogP) is -1.48. The van der Waals surface area contributed by atoms with Crippen LogP contribution in [0.4, 0.5) is 0 Å².